The van der Waals surface area contributed by atoms with E-state index in [4.69, 9.17) is 4.42 Å². The van der Waals surface area contributed by atoms with E-state index < -0.39 is 6.10 Å². The topological polar surface area (TPSA) is 62.5 Å². The first-order valence-corrected chi connectivity index (χ1v) is 8.18. The van der Waals surface area contributed by atoms with E-state index in [1.807, 2.05) is 12.1 Å². The van der Waals surface area contributed by atoms with Gasteiger partial charge in [-0.3, -0.25) is 4.79 Å². The van der Waals surface area contributed by atoms with E-state index in [0.717, 1.165) is 12.8 Å². The molecule has 0 radical (unpaired) electrons. The summed E-state index contributed by atoms with van der Waals surface area (Å²) in [6, 6.07) is 18.1. The lowest BCUT2D eigenvalue weighted by atomic mass is 10.0. The van der Waals surface area contributed by atoms with Crippen LogP contribution in [0.25, 0.3) is 10.8 Å². The number of aliphatic hydroxyl groups excluding tert-OH is 1. The van der Waals surface area contributed by atoms with Crippen molar-refractivity contribution in [3.05, 3.63) is 72.2 Å². The number of nitrogens with one attached hydrogen (secondary N) is 1. The first-order chi connectivity index (χ1) is 11.7. The van der Waals surface area contributed by atoms with Crippen LogP contribution in [0, 0.1) is 0 Å². The van der Waals surface area contributed by atoms with E-state index in [-0.39, 0.29) is 12.5 Å². The Labute approximate surface area is 141 Å². The zero-order chi connectivity index (χ0) is 16.8. The summed E-state index contributed by atoms with van der Waals surface area (Å²) in [7, 11) is 0. The van der Waals surface area contributed by atoms with Crippen molar-refractivity contribution in [1.29, 1.82) is 0 Å². The molecule has 1 aromatic heterocycles. The highest BCUT2D eigenvalue weighted by Crippen LogP contribution is 2.17. The van der Waals surface area contributed by atoms with Gasteiger partial charge in [0.15, 0.2) is 0 Å². The van der Waals surface area contributed by atoms with Gasteiger partial charge in [-0.2, -0.15) is 0 Å². The minimum Gasteiger partial charge on any atom is -0.467 e. The van der Waals surface area contributed by atoms with Crippen molar-refractivity contribution in [1.82, 2.24) is 5.32 Å². The van der Waals surface area contributed by atoms with Crippen LogP contribution in [-0.2, 0) is 11.2 Å². The highest BCUT2D eigenvalue weighted by molar-refractivity contribution is 5.83. The van der Waals surface area contributed by atoms with Crippen LogP contribution < -0.4 is 5.32 Å². The Bertz CT molecular complexity index is 796. The Kier molecular flexibility index (Phi) is 5.29. The number of hydrogen-bond acceptors (Lipinski definition) is 3. The first kappa shape index (κ1) is 16.3. The predicted molar refractivity (Wildman–Crippen MR) is 93.6 cm³/mol. The number of amides is 1. The second kappa shape index (κ2) is 7.79. The van der Waals surface area contributed by atoms with Gasteiger partial charge in [0.05, 0.1) is 12.8 Å². The van der Waals surface area contributed by atoms with Crippen LogP contribution in [0.3, 0.4) is 0 Å². The molecular weight excluding hydrogens is 302 g/mol. The third kappa shape index (κ3) is 4.24. The maximum absolute atomic E-state index is 11.9. The minimum atomic E-state index is -0.801. The molecule has 3 rings (SSSR count). The first-order valence-electron chi connectivity index (χ1n) is 8.18. The molecular formula is C20H21NO3. The van der Waals surface area contributed by atoms with Crippen LogP contribution in [0.4, 0.5) is 0 Å². The van der Waals surface area contributed by atoms with Gasteiger partial charge in [0, 0.05) is 6.42 Å². The molecule has 0 spiro atoms. The van der Waals surface area contributed by atoms with Crippen LogP contribution in [-0.4, -0.2) is 17.6 Å². The number of aliphatic hydroxyl groups is 1. The Hall–Kier alpha value is -2.59. The maximum Gasteiger partial charge on any atom is 0.220 e. The van der Waals surface area contributed by atoms with Gasteiger partial charge in [-0.15, -0.1) is 0 Å². The van der Waals surface area contributed by atoms with Gasteiger partial charge in [0.25, 0.3) is 0 Å². The molecule has 1 heterocycles. The summed E-state index contributed by atoms with van der Waals surface area (Å²) in [6.07, 6.45) is 2.78. The summed E-state index contributed by atoms with van der Waals surface area (Å²) in [5, 5.41) is 15.0. The number of rotatable bonds is 7. The van der Waals surface area contributed by atoms with Crippen LogP contribution >= 0.6 is 0 Å². The molecule has 0 aliphatic carbocycles. The summed E-state index contributed by atoms with van der Waals surface area (Å²) in [6.45, 7) is 0.169. The molecule has 0 fully saturated rings. The summed E-state index contributed by atoms with van der Waals surface area (Å²) in [4.78, 5) is 11.9. The molecule has 0 aliphatic rings. The monoisotopic (exact) mass is 323 g/mol. The van der Waals surface area contributed by atoms with Crippen molar-refractivity contribution >= 4 is 16.7 Å². The molecule has 24 heavy (non-hydrogen) atoms. The second-order valence-electron chi connectivity index (χ2n) is 5.87. The highest BCUT2D eigenvalue weighted by atomic mass is 16.4. The van der Waals surface area contributed by atoms with Crippen LogP contribution in [0.5, 0.6) is 0 Å². The lowest BCUT2D eigenvalue weighted by molar-refractivity contribution is -0.121. The lowest BCUT2D eigenvalue weighted by Gasteiger charge is -2.09. The molecule has 4 nitrogen and oxygen atoms in total. The number of fused-ring (bicyclic) bond motifs is 1. The molecule has 4 heteroatoms. The van der Waals surface area contributed by atoms with E-state index in [1.54, 1.807) is 12.1 Å². The number of benzene rings is 2. The fraction of sp³-hybridized carbons (Fsp3) is 0.250. The van der Waals surface area contributed by atoms with E-state index in [2.05, 4.69) is 35.6 Å². The van der Waals surface area contributed by atoms with Crippen molar-refractivity contribution in [2.75, 3.05) is 6.54 Å². The number of furan rings is 1. The third-order valence-corrected chi connectivity index (χ3v) is 4.05. The molecule has 124 valence electrons. The molecule has 0 saturated heterocycles. The number of aryl methyl sites for hydroxylation is 1. The molecule has 1 unspecified atom stereocenters. The van der Waals surface area contributed by atoms with Crippen molar-refractivity contribution in [3.8, 4) is 0 Å². The normalized spacial score (nSPS) is 12.2. The average Bonchev–Trinajstić information content (AvgIpc) is 3.14. The van der Waals surface area contributed by atoms with E-state index in [1.165, 1.54) is 22.6 Å². The predicted octanol–water partition coefficient (Wildman–Crippen LogP) is 3.61. The number of carbonyl (C=O) groups is 1. The fourth-order valence-electron chi connectivity index (χ4n) is 2.73. The van der Waals surface area contributed by atoms with Gasteiger partial charge < -0.3 is 14.8 Å². The molecule has 0 aliphatic heterocycles. The van der Waals surface area contributed by atoms with Crippen LogP contribution in [0.2, 0.25) is 0 Å². The van der Waals surface area contributed by atoms with Crippen LogP contribution in [0.15, 0.2) is 65.3 Å². The van der Waals surface area contributed by atoms with Gasteiger partial charge in [0.2, 0.25) is 5.91 Å². The van der Waals surface area contributed by atoms with Gasteiger partial charge in [-0.05, 0) is 41.3 Å². The summed E-state index contributed by atoms with van der Waals surface area (Å²) < 4.78 is 5.10. The largest absolute Gasteiger partial charge is 0.467 e. The Morgan fingerprint density at radius 2 is 1.92 bits per heavy atom. The number of carbonyl (C=O) groups excluding carboxylic acids is 1. The summed E-state index contributed by atoms with van der Waals surface area (Å²) in [5.74, 6) is 0.410. The highest BCUT2D eigenvalue weighted by Gasteiger charge is 2.11. The van der Waals surface area contributed by atoms with Crippen molar-refractivity contribution in [3.63, 3.8) is 0 Å². The molecule has 0 bridgehead atoms. The van der Waals surface area contributed by atoms with Gasteiger partial charge in [-0.1, -0.05) is 42.5 Å². The smallest absolute Gasteiger partial charge is 0.220 e. The lowest BCUT2D eigenvalue weighted by Crippen LogP contribution is -2.28. The molecule has 0 saturated carbocycles. The maximum atomic E-state index is 11.9. The van der Waals surface area contributed by atoms with Crippen molar-refractivity contribution < 1.29 is 14.3 Å². The quantitative estimate of drug-likeness (QED) is 0.698. The number of hydrogen-bond donors (Lipinski definition) is 2. The second-order valence-corrected chi connectivity index (χ2v) is 5.87. The van der Waals surface area contributed by atoms with Crippen LogP contribution in [0.1, 0.15) is 30.3 Å². The zero-order valence-corrected chi connectivity index (χ0v) is 13.4. The zero-order valence-electron chi connectivity index (χ0n) is 13.4. The standard InChI is InChI=1S/C20H21NO3/c22-18(19-8-4-12-24-19)14-21-20(23)9-3-5-15-10-11-16-6-1-2-7-17(16)13-15/h1-2,4,6-8,10-13,18,22H,3,5,9,14H2,(H,21,23). The van der Waals surface area contributed by atoms with Crippen molar-refractivity contribution in [2.24, 2.45) is 0 Å². The molecule has 2 N–H and O–H groups in total. The summed E-state index contributed by atoms with van der Waals surface area (Å²) in [5.41, 5.74) is 1.23. The van der Waals surface area contributed by atoms with Gasteiger partial charge >= 0.3 is 0 Å². The van der Waals surface area contributed by atoms with Crippen molar-refractivity contribution in [2.45, 2.75) is 25.4 Å². The van der Waals surface area contributed by atoms with E-state index in [9.17, 15) is 9.90 Å². The molecule has 1 amide bonds. The Morgan fingerprint density at radius 3 is 2.71 bits per heavy atom. The van der Waals surface area contributed by atoms with Gasteiger partial charge in [0.1, 0.15) is 11.9 Å². The molecule has 1 atom stereocenters. The summed E-state index contributed by atoms with van der Waals surface area (Å²) >= 11 is 0. The third-order valence-electron chi connectivity index (χ3n) is 4.05. The minimum absolute atomic E-state index is 0.0543. The molecule has 2 aromatic carbocycles. The molecule has 3 aromatic rings. The average molecular weight is 323 g/mol. The Balaban J connectivity index is 1.42. The van der Waals surface area contributed by atoms with E-state index in [0.29, 0.717) is 12.2 Å². The Morgan fingerprint density at radius 1 is 1.08 bits per heavy atom. The van der Waals surface area contributed by atoms with E-state index >= 15 is 0 Å². The van der Waals surface area contributed by atoms with Gasteiger partial charge in [-0.25, -0.2) is 0 Å². The SMILES string of the molecule is O=C(CCCc1ccc2ccccc2c1)NCC(O)c1ccco1. The fourth-order valence-corrected chi connectivity index (χ4v) is 2.73.